The van der Waals surface area contributed by atoms with Crippen molar-refractivity contribution in [2.24, 2.45) is 5.84 Å². The summed E-state index contributed by atoms with van der Waals surface area (Å²) in [6, 6.07) is 7.38. The number of carbonyl (C=O) groups is 1. The fourth-order valence-corrected chi connectivity index (χ4v) is 1.79. The third-order valence-electron chi connectivity index (χ3n) is 2.86. The summed E-state index contributed by atoms with van der Waals surface area (Å²) in [5.41, 5.74) is 3.65. The maximum absolute atomic E-state index is 12.2. The first kappa shape index (κ1) is 14.4. The summed E-state index contributed by atoms with van der Waals surface area (Å²) >= 11 is 0. The topological polar surface area (TPSA) is 123 Å². The molecule has 8 nitrogen and oxygen atoms in total. The number of benzene rings is 1. The lowest BCUT2D eigenvalue weighted by molar-refractivity contribution is -0.384. The molecule has 4 N–H and O–H groups in total. The number of anilines is 2. The maximum Gasteiger partial charge on any atom is 0.269 e. The lowest BCUT2D eigenvalue weighted by Gasteiger charge is -2.10. The van der Waals surface area contributed by atoms with Crippen molar-refractivity contribution in [1.29, 1.82) is 0 Å². The van der Waals surface area contributed by atoms with Crippen LogP contribution in [0.2, 0.25) is 0 Å². The van der Waals surface area contributed by atoms with Crippen molar-refractivity contribution in [3.05, 3.63) is 57.8 Å². The highest BCUT2D eigenvalue weighted by Gasteiger charge is 2.14. The molecule has 0 spiro atoms. The molecule has 1 amide bonds. The van der Waals surface area contributed by atoms with E-state index in [1.807, 2.05) is 0 Å². The van der Waals surface area contributed by atoms with Crippen LogP contribution in [0.4, 0.5) is 17.2 Å². The summed E-state index contributed by atoms with van der Waals surface area (Å²) in [7, 11) is 0. The van der Waals surface area contributed by atoms with E-state index in [1.165, 1.54) is 24.4 Å². The number of nitrogens with zero attached hydrogens (tertiary/aromatic N) is 2. The standard InChI is InChI=1S/C13H13N5O3/c1-8-7-9(18(20)21)4-5-11(8)16-13(19)10-3-2-6-15-12(10)17-14/h2-7H,14H2,1H3,(H,15,17)(H,16,19). The van der Waals surface area contributed by atoms with Crippen LogP contribution in [-0.4, -0.2) is 15.8 Å². The minimum Gasteiger partial charge on any atom is -0.322 e. The average Bonchev–Trinajstić information content (AvgIpc) is 2.48. The van der Waals surface area contributed by atoms with Crippen LogP contribution in [0.1, 0.15) is 15.9 Å². The number of aromatic nitrogens is 1. The van der Waals surface area contributed by atoms with E-state index in [0.717, 1.165) is 0 Å². The Morgan fingerprint density at radius 3 is 2.76 bits per heavy atom. The number of hydrogen-bond donors (Lipinski definition) is 3. The molecule has 0 aliphatic heterocycles. The number of nitrogens with two attached hydrogens (primary N) is 1. The smallest absolute Gasteiger partial charge is 0.269 e. The zero-order chi connectivity index (χ0) is 15.4. The Hall–Kier alpha value is -3.00. The van der Waals surface area contributed by atoms with E-state index in [0.29, 0.717) is 11.3 Å². The van der Waals surface area contributed by atoms with E-state index in [9.17, 15) is 14.9 Å². The van der Waals surface area contributed by atoms with Crippen molar-refractivity contribution in [2.45, 2.75) is 6.92 Å². The molecule has 0 fully saturated rings. The molecule has 0 atom stereocenters. The zero-order valence-corrected chi connectivity index (χ0v) is 11.2. The van der Waals surface area contributed by atoms with Crippen LogP contribution in [0.25, 0.3) is 0 Å². The van der Waals surface area contributed by atoms with Crippen molar-refractivity contribution in [1.82, 2.24) is 4.98 Å². The van der Waals surface area contributed by atoms with Gasteiger partial charge in [-0.2, -0.15) is 0 Å². The molecular weight excluding hydrogens is 274 g/mol. The lowest BCUT2D eigenvalue weighted by atomic mass is 10.1. The molecule has 0 radical (unpaired) electrons. The number of nitro benzene ring substituents is 1. The van der Waals surface area contributed by atoms with Crippen molar-refractivity contribution >= 4 is 23.1 Å². The van der Waals surface area contributed by atoms with Crippen molar-refractivity contribution in [3.63, 3.8) is 0 Å². The van der Waals surface area contributed by atoms with Crippen LogP contribution in [0.3, 0.4) is 0 Å². The highest BCUT2D eigenvalue weighted by atomic mass is 16.6. The van der Waals surface area contributed by atoms with Gasteiger partial charge in [0.05, 0.1) is 10.5 Å². The average molecular weight is 287 g/mol. The van der Waals surface area contributed by atoms with Gasteiger partial charge in [-0.25, -0.2) is 10.8 Å². The molecule has 2 aromatic rings. The van der Waals surface area contributed by atoms with E-state index in [1.54, 1.807) is 19.1 Å². The molecular formula is C13H13N5O3. The number of nitro groups is 1. The second-order valence-corrected chi connectivity index (χ2v) is 4.25. The number of hydrazine groups is 1. The first-order chi connectivity index (χ1) is 10.0. The summed E-state index contributed by atoms with van der Waals surface area (Å²) < 4.78 is 0. The molecule has 2 rings (SSSR count). The molecule has 0 saturated heterocycles. The predicted octanol–water partition coefficient (Wildman–Crippen LogP) is 1.84. The Morgan fingerprint density at radius 2 is 2.14 bits per heavy atom. The van der Waals surface area contributed by atoms with Crippen LogP contribution in [0.5, 0.6) is 0 Å². The molecule has 8 heteroatoms. The Labute approximate surface area is 120 Å². The number of nitrogens with one attached hydrogen (secondary N) is 2. The van der Waals surface area contributed by atoms with Crippen molar-refractivity contribution in [3.8, 4) is 0 Å². The number of rotatable bonds is 4. The molecule has 1 aromatic heterocycles. The fourth-order valence-electron chi connectivity index (χ4n) is 1.79. The van der Waals surface area contributed by atoms with E-state index < -0.39 is 10.8 Å². The van der Waals surface area contributed by atoms with Gasteiger partial charge in [-0.3, -0.25) is 14.9 Å². The molecule has 1 heterocycles. The van der Waals surface area contributed by atoms with Crippen LogP contribution in [0, 0.1) is 17.0 Å². The van der Waals surface area contributed by atoms with Gasteiger partial charge in [-0.15, -0.1) is 0 Å². The molecule has 108 valence electrons. The third-order valence-corrected chi connectivity index (χ3v) is 2.86. The van der Waals surface area contributed by atoms with E-state index in [-0.39, 0.29) is 17.1 Å². The van der Waals surface area contributed by atoms with Gasteiger partial charge in [-0.05, 0) is 30.7 Å². The fraction of sp³-hybridized carbons (Fsp3) is 0.0769. The van der Waals surface area contributed by atoms with Gasteiger partial charge >= 0.3 is 0 Å². The number of hydrogen-bond acceptors (Lipinski definition) is 6. The number of nitrogen functional groups attached to an aromatic ring is 1. The van der Waals surface area contributed by atoms with Gasteiger partial charge in [0.1, 0.15) is 0 Å². The first-order valence-corrected chi connectivity index (χ1v) is 6.01. The van der Waals surface area contributed by atoms with Crippen molar-refractivity contribution < 1.29 is 9.72 Å². The highest BCUT2D eigenvalue weighted by Crippen LogP contribution is 2.22. The predicted molar refractivity (Wildman–Crippen MR) is 77.8 cm³/mol. The van der Waals surface area contributed by atoms with Gasteiger partial charge in [0.25, 0.3) is 11.6 Å². The van der Waals surface area contributed by atoms with Crippen LogP contribution in [0.15, 0.2) is 36.5 Å². The zero-order valence-electron chi connectivity index (χ0n) is 11.2. The third kappa shape index (κ3) is 3.12. The minimum atomic E-state index is -0.490. The second kappa shape index (κ2) is 5.97. The summed E-state index contributed by atoms with van der Waals surface area (Å²) in [5.74, 6) is 5.13. The molecule has 21 heavy (non-hydrogen) atoms. The number of aryl methyl sites for hydroxylation is 1. The van der Waals surface area contributed by atoms with Gasteiger partial charge in [-0.1, -0.05) is 0 Å². The second-order valence-electron chi connectivity index (χ2n) is 4.25. The molecule has 0 saturated carbocycles. The van der Waals surface area contributed by atoms with E-state index >= 15 is 0 Å². The van der Waals surface area contributed by atoms with E-state index in [4.69, 9.17) is 5.84 Å². The molecule has 0 unspecified atom stereocenters. The molecule has 0 aliphatic rings. The Kier molecular flexibility index (Phi) is 4.10. The van der Waals surface area contributed by atoms with Gasteiger partial charge in [0.2, 0.25) is 0 Å². The molecule has 0 aliphatic carbocycles. The largest absolute Gasteiger partial charge is 0.322 e. The number of pyridine rings is 1. The van der Waals surface area contributed by atoms with Crippen LogP contribution < -0.4 is 16.6 Å². The Morgan fingerprint density at radius 1 is 1.38 bits per heavy atom. The number of carbonyl (C=O) groups excluding carboxylic acids is 1. The maximum atomic E-state index is 12.2. The summed E-state index contributed by atoms with van der Waals surface area (Å²) in [6.45, 7) is 1.67. The molecule has 1 aromatic carbocycles. The van der Waals surface area contributed by atoms with Crippen LogP contribution in [-0.2, 0) is 0 Å². The monoisotopic (exact) mass is 287 g/mol. The Balaban J connectivity index is 2.26. The number of non-ortho nitro benzene ring substituents is 1. The lowest BCUT2D eigenvalue weighted by Crippen LogP contribution is -2.18. The van der Waals surface area contributed by atoms with Gasteiger partial charge < -0.3 is 10.7 Å². The van der Waals surface area contributed by atoms with Gasteiger partial charge in [0.15, 0.2) is 5.82 Å². The van der Waals surface area contributed by atoms with Gasteiger partial charge in [0, 0.05) is 24.0 Å². The number of amides is 1. The van der Waals surface area contributed by atoms with Crippen molar-refractivity contribution in [2.75, 3.05) is 10.7 Å². The Bertz CT molecular complexity index is 702. The van der Waals surface area contributed by atoms with Crippen LogP contribution >= 0.6 is 0 Å². The normalized spacial score (nSPS) is 10.0. The highest BCUT2D eigenvalue weighted by molar-refractivity contribution is 6.07. The van der Waals surface area contributed by atoms with E-state index in [2.05, 4.69) is 15.7 Å². The SMILES string of the molecule is Cc1cc([N+](=O)[O-])ccc1NC(=O)c1cccnc1NN. The summed E-state index contributed by atoms with van der Waals surface area (Å²) in [4.78, 5) is 26.3. The molecule has 0 bridgehead atoms. The summed E-state index contributed by atoms with van der Waals surface area (Å²) in [6.07, 6.45) is 1.50. The first-order valence-electron chi connectivity index (χ1n) is 6.01. The summed E-state index contributed by atoms with van der Waals surface area (Å²) in [5, 5.41) is 13.3. The quantitative estimate of drug-likeness (QED) is 0.448. The minimum absolute atomic E-state index is 0.0313.